The Balaban J connectivity index is 1.74. The Bertz CT molecular complexity index is 1120. The second kappa shape index (κ2) is 7.64. The average Bonchev–Trinajstić information content (AvgIpc) is 3.21. The van der Waals surface area contributed by atoms with E-state index in [1.807, 2.05) is 73.4 Å². The number of benzene rings is 2. The molecule has 0 saturated carbocycles. The first-order chi connectivity index (χ1) is 13.7. The summed E-state index contributed by atoms with van der Waals surface area (Å²) in [6, 6.07) is 19.8. The van der Waals surface area contributed by atoms with Gasteiger partial charge in [-0.25, -0.2) is 4.98 Å². The van der Waals surface area contributed by atoms with Crippen molar-refractivity contribution in [1.82, 2.24) is 19.7 Å². The van der Waals surface area contributed by atoms with Gasteiger partial charge in [0, 0.05) is 30.7 Å². The molecule has 0 aliphatic carbocycles. The second-order valence-electron chi connectivity index (χ2n) is 6.80. The quantitative estimate of drug-likeness (QED) is 0.528. The van der Waals surface area contributed by atoms with E-state index in [2.05, 4.69) is 17.2 Å². The van der Waals surface area contributed by atoms with Crippen LogP contribution in [0.5, 0.6) is 0 Å². The van der Waals surface area contributed by atoms with Gasteiger partial charge in [0.1, 0.15) is 0 Å². The number of carbonyl (C=O) groups excluding carboxylic acids is 1. The Morgan fingerprint density at radius 1 is 1.07 bits per heavy atom. The molecule has 0 N–H and O–H groups in total. The van der Waals surface area contributed by atoms with Crippen LogP contribution in [-0.4, -0.2) is 39.2 Å². The van der Waals surface area contributed by atoms with Crippen molar-refractivity contribution in [2.75, 3.05) is 13.6 Å². The van der Waals surface area contributed by atoms with E-state index in [-0.39, 0.29) is 5.91 Å². The molecule has 0 saturated heterocycles. The fourth-order valence-corrected chi connectivity index (χ4v) is 3.20. The first-order valence-corrected chi connectivity index (χ1v) is 9.37. The van der Waals surface area contributed by atoms with E-state index in [0.717, 1.165) is 22.2 Å². The minimum atomic E-state index is -0.000901. The topological polar surface area (TPSA) is 51.0 Å². The summed E-state index contributed by atoms with van der Waals surface area (Å²) < 4.78 is 1.89. The van der Waals surface area contributed by atoms with Crippen LogP contribution in [0.3, 0.4) is 0 Å². The highest BCUT2D eigenvalue weighted by atomic mass is 16.2. The van der Waals surface area contributed by atoms with E-state index in [1.165, 1.54) is 5.56 Å². The van der Waals surface area contributed by atoms with Crippen LogP contribution >= 0.6 is 0 Å². The van der Waals surface area contributed by atoms with Gasteiger partial charge in [0.15, 0.2) is 0 Å². The van der Waals surface area contributed by atoms with Gasteiger partial charge in [-0.2, -0.15) is 5.10 Å². The molecule has 5 nitrogen and oxygen atoms in total. The molecule has 28 heavy (non-hydrogen) atoms. The third kappa shape index (κ3) is 3.51. The number of pyridine rings is 1. The summed E-state index contributed by atoms with van der Waals surface area (Å²) >= 11 is 0. The van der Waals surface area contributed by atoms with Crippen molar-refractivity contribution < 1.29 is 4.79 Å². The van der Waals surface area contributed by atoms with Gasteiger partial charge in [-0.1, -0.05) is 48.5 Å². The van der Waals surface area contributed by atoms with Gasteiger partial charge in [-0.05, 0) is 24.6 Å². The zero-order valence-corrected chi connectivity index (χ0v) is 16.0. The molecule has 2 heterocycles. The van der Waals surface area contributed by atoms with Crippen LogP contribution in [0.2, 0.25) is 0 Å². The first-order valence-electron chi connectivity index (χ1n) is 9.37. The summed E-state index contributed by atoms with van der Waals surface area (Å²) in [5.41, 5.74) is 4.31. The molecule has 4 aromatic rings. The maximum Gasteiger partial charge on any atom is 0.254 e. The van der Waals surface area contributed by atoms with E-state index in [0.29, 0.717) is 18.7 Å². The smallest absolute Gasteiger partial charge is 0.254 e. The van der Waals surface area contributed by atoms with Crippen LogP contribution in [-0.2, 0) is 6.54 Å². The lowest BCUT2D eigenvalue weighted by atomic mass is 10.0. The van der Waals surface area contributed by atoms with Crippen LogP contribution in [0, 0.1) is 0 Å². The van der Waals surface area contributed by atoms with Gasteiger partial charge < -0.3 is 4.90 Å². The van der Waals surface area contributed by atoms with E-state index in [4.69, 9.17) is 4.98 Å². The van der Waals surface area contributed by atoms with Crippen LogP contribution in [0.4, 0.5) is 0 Å². The van der Waals surface area contributed by atoms with Gasteiger partial charge in [-0.3, -0.25) is 9.48 Å². The number of hydrogen-bond acceptors (Lipinski definition) is 3. The number of carbonyl (C=O) groups is 1. The lowest BCUT2D eigenvalue weighted by molar-refractivity contribution is 0.0804. The Morgan fingerprint density at radius 3 is 2.61 bits per heavy atom. The summed E-state index contributed by atoms with van der Waals surface area (Å²) in [6.45, 7) is 3.31. The normalized spacial score (nSPS) is 10.9. The molecule has 0 unspecified atom stereocenters. The highest BCUT2D eigenvalue weighted by Crippen LogP contribution is 2.25. The zero-order valence-electron chi connectivity index (χ0n) is 16.0. The van der Waals surface area contributed by atoms with E-state index in [9.17, 15) is 4.79 Å². The number of hydrogen-bond donors (Lipinski definition) is 0. The van der Waals surface area contributed by atoms with E-state index in [1.54, 1.807) is 11.1 Å². The molecule has 0 fully saturated rings. The molecule has 0 atom stereocenters. The number of amides is 1. The molecule has 140 valence electrons. The second-order valence-corrected chi connectivity index (χ2v) is 6.80. The van der Waals surface area contributed by atoms with Gasteiger partial charge in [-0.15, -0.1) is 0 Å². The summed E-state index contributed by atoms with van der Waals surface area (Å²) in [5.74, 6) is -0.000901. The largest absolute Gasteiger partial charge is 0.342 e. The average molecular weight is 370 g/mol. The maximum absolute atomic E-state index is 12.9. The molecule has 2 aromatic carbocycles. The van der Waals surface area contributed by atoms with Crippen LogP contribution in [0.25, 0.3) is 22.2 Å². The Labute approximate surface area is 164 Å². The first kappa shape index (κ1) is 17.9. The van der Waals surface area contributed by atoms with Crippen LogP contribution in [0.1, 0.15) is 22.8 Å². The van der Waals surface area contributed by atoms with Gasteiger partial charge in [0.05, 0.1) is 29.5 Å². The highest BCUT2D eigenvalue weighted by Gasteiger charge is 2.17. The molecule has 1 amide bonds. The summed E-state index contributed by atoms with van der Waals surface area (Å²) in [6.07, 6.45) is 3.78. The third-order valence-electron chi connectivity index (χ3n) is 4.88. The van der Waals surface area contributed by atoms with Crippen molar-refractivity contribution in [2.45, 2.75) is 13.5 Å². The lowest BCUT2D eigenvalue weighted by Gasteiger charge is -2.16. The number of rotatable bonds is 5. The highest BCUT2D eigenvalue weighted by molar-refractivity contribution is 6.07. The van der Waals surface area contributed by atoms with Gasteiger partial charge in [0.2, 0.25) is 0 Å². The van der Waals surface area contributed by atoms with Crippen molar-refractivity contribution in [3.8, 4) is 11.3 Å². The van der Waals surface area contributed by atoms with Crippen molar-refractivity contribution in [3.05, 3.63) is 84.2 Å². The van der Waals surface area contributed by atoms with Gasteiger partial charge in [0.25, 0.3) is 5.91 Å². The maximum atomic E-state index is 12.9. The monoisotopic (exact) mass is 370 g/mol. The van der Waals surface area contributed by atoms with E-state index < -0.39 is 0 Å². The third-order valence-corrected chi connectivity index (χ3v) is 4.88. The molecule has 0 bridgehead atoms. The Morgan fingerprint density at radius 2 is 1.82 bits per heavy atom. The molecule has 2 aromatic heterocycles. The summed E-state index contributed by atoms with van der Waals surface area (Å²) in [7, 11) is 1.81. The molecular formula is C23H22N4O. The SMILES string of the molecule is CCN(C)C(=O)c1cc(-c2cnn(Cc3ccccc3)c2)nc2ccccc12. The molecule has 0 aliphatic heterocycles. The van der Waals surface area contributed by atoms with Crippen LogP contribution in [0.15, 0.2) is 73.1 Å². The molecule has 0 aliphatic rings. The molecule has 0 spiro atoms. The van der Waals surface area contributed by atoms with Crippen molar-refractivity contribution >= 4 is 16.8 Å². The van der Waals surface area contributed by atoms with Crippen LogP contribution < -0.4 is 0 Å². The summed E-state index contributed by atoms with van der Waals surface area (Å²) in [5, 5.41) is 5.34. The standard InChI is InChI=1S/C23H22N4O/c1-3-26(2)23(28)20-13-22(25-21-12-8-7-11-19(20)21)18-14-24-27(16-18)15-17-9-5-4-6-10-17/h4-14,16H,3,15H2,1-2H3. The van der Waals surface area contributed by atoms with Crippen molar-refractivity contribution in [2.24, 2.45) is 0 Å². The van der Waals surface area contributed by atoms with Crippen molar-refractivity contribution in [3.63, 3.8) is 0 Å². The number of nitrogens with zero attached hydrogens (tertiary/aromatic N) is 4. The summed E-state index contributed by atoms with van der Waals surface area (Å²) in [4.78, 5) is 19.4. The fourth-order valence-electron chi connectivity index (χ4n) is 3.20. The molecule has 0 radical (unpaired) electrons. The minimum absolute atomic E-state index is 0.000901. The Hall–Kier alpha value is -3.47. The minimum Gasteiger partial charge on any atom is -0.342 e. The van der Waals surface area contributed by atoms with E-state index >= 15 is 0 Å². The van der Waals surface area contributed by atoms with Gasteiger partial charge >= 0.3 is 0 Å². The number of fused-ring (bicyclic) bond motifs is 1. The molecular weight excluding hydrogens is 348 g/mol. The zero-order chi connectivity index (χ0) is 19.5. The predicted molar refractivity (Wildman–Crippen MR) is 111 cm³/mol. The molecule has 5 heteroatoms. The predicted octanol–water partition coefficient (Wildman–Crippen LogP) is 4.24. The fraction of sp³-hybridized carbons (Fsp3) is 0.174. The van der Waals surface area contributed by atoms with Crippen molar-refractivity contribution in [1.29, 1.82) is 0 Å². The number of para-hydroxylation sites is 1. The Kier molecular flexibility index (Phi) is 4.89. The number of aromatic nitrogens is 3. The lowest BCUT2D eigenvalue weighted by Crippen LogP contribution is -2.26. The molecule has 4 rings (SSSR count).